The number of aromatic nitrogens is 1. The van der Waals surface area contributed by atoms with E-state index < -0.39 is 0 Å². The Morgan fingerprint density at radius 1 is 1.30 bits per heavy atom. The van der Waals surface area contributed by atoms with Gasteiger partial charge in [0, 0.05) is 41.3 Å². The fourth-order valence-electron chi connectivity index (χ4n) is 2.15. The maximum atomic E-state index is 11.5. The number of pyridine rings is 1. The van der Waals surface area contributed by atoms with E-state index in [2.05, 4.69) is 15.6 Å². The van der Waals surface area contributed by atoms with Crippen LogP contribution in [0.2, 0.25) is 5.02 Å². The second kappa shape index (κ2) is 5.67. The van der Waals surface area contributed by atoms with Crippen LogP contribution in [0.5, 0.6) is 0 Å². The summed E-state index contributed by atoms with van der Waals surface area (Å²) in [6.45, 7) is 1.33. The standard InChI is InChI=1S/C15H16ClN3O/c16-11-3-4-12-13(5-6-17-14(12)9-11)18-7-8-19-15(20)10-1-2-10/h3-6,9-10H,1-2,7-8H2,(H,17,18)(H,19,20). The van der Waals surface area contributed by atoms with Crippen molar-refractivity contribution in [2.75, 3.05) is 18.4 Å². The van der Waals surface area contributed by atoms with Gasteiger partial charge in [-0.05, 0) is 37.1 Å². The van der Waals surface area contributed by atoms with Crippen LogP contribution in [0, 0.1) is 5.92 Å². The third-order valence-electron chi connectivity index (χ3n) is 3.39. The molecule has 1 aromatic heterocycles. The fraction of sp³-hybridized carbons (Fsp3) is 0.333. The highest BCUT2D eigenvalue weighted by molar-refractivity contribution is 6.31. The summed E-state index contributed by atoms with van der Waals surface area (Å²) < 4.78 is 0. The minimum absolute atomic E-state index is 0.179. The number of nitrogens with one attached hydrogen (secondary N) is 2. The zero-order valence-electron chi connectivity index (χ0n) is 11.0. The normalized spacial score (nSPS) is 14.2. The molecule has 0 aliphatic heterocycles. The van der Waals surface area contributed by atoms with Gasteiger partial charge in [0.1, 0.15) is 0 Å². The van der Waals surface area contributed by atoms with Crippen LogP contribution in [0.4, 0.5) is 5.69 Å². The lowest BCUT2D eigenvalue weighted by Gasteiger charge is -2.10. The molecule has 1 amide bonds. The highest BCUT2D eigenvalue weighted by atomic mass is 35.5. The van der Waals surface area contributed by atoms with E-state index in [4.69, 9.17) is 11.6 Å². The minimum Gasteiger partial charge on any atom is -0.383 e. The van der Waals surface area contributed by atoms with Gasteiger partial charge in [-0.2, -0.15) is 0 Å². The number of halogens is 1. The molecule has 1 fully saturated rings. The number of fused-ring (bicyclic) bond motifs is 1. The number of hydrogen-bond acceptors (Lipinski definition) is 3. The summed E-state index contributed by atoms with van der Waals surface area (Å²) >= 11 is 5.96. The van der Waals surface area contributed by atoms with Crippen LogP contribution >= 0.6 is 11.6 Å². The second-order valence-corrected chi connectivity index (χ2v) is 5.45. The van der Waals surface area contributed by atoms with Gasteiger partial charge in [0.05, 0.1) is 5.52 Å². The Bertz CT molecular complexity index is 640. The van der Waals surface area contributed by atoms with Crippen LogP contribution in [-0.4, -0.2) is 24.0 Å². The van der Waals surface area contributed by atoms with Crippen molar-refractivity contribution in [3.8, 4) is 0 Å². The molecule has 0 atom stereocenters. The molecule has 1 aliphatic rings. The number of anilines is 1. The second-order valence-electron chi connectivity index (χ2n) is 5.01. The highest BCUT2D eigenvalue weighted by Crippen LogP contribution is 2.28. The average Bonchev–Trinajstić information content (AvgIpc) is 3.27. The van der Waals surface area contributed by atoms with Gasteiger partial charge in [0.2, 0.25) is 5.91 Å². The molecule has 4 nitrogen and oxygen atoms in total. The lowest BCUT2D eigenvalue weighted by atomic mass is 10.2. The first-order valence-electron chi connectivity index (χ1n) is 6.80. The van der Waals surface area contributed by atoms with E-state index in [0.717, 1.165) is 29.4 Å². The molecule has 1 aromatic carbocycles. The van der Waals surface area contributed by atoms with Crippen LogP contribution in [0.1, 0.15) is 12.8 Å². The predicted molar refractivity (Wildman–Crippen MR) is 81.0 cm³/mol. The Morgan fingerprint density at radius 3 is 2.95 bits per heavy atom. The zero-order chi connectivity index (χ0) is 13.9. The van der Waals surface area contributed by atoms with Crippen molar-refractivity contribution in [3.63, 3.8) is 0 Å². The van der Waals surface area contributed by atoms with Crippen molar-refractivity contribution in [1.29, 1.82) is 0 Å². The summed E-state index contributed by atoms with van der Waals surface area (Å²) in [7, 11) is 0. The number of carbonyl (C=O) groups is 1. The number of nitrogens with zero attached hydrogens (tertiary/aromatic N) is 1. The molecule has 0 radical (unpaired) electrons. The lowest BCUT2D eigenvalue weighted by Crippen LogP contribution is -2.29. The molecular formula is C15H16ClN3O. The molecule has 0 saturated heterocycles. The number of carbonyl (C=O) groups excluding carboxylic acids is 1. The number of rotatable bonds is 5. The fourth-order valence-corrected chi connectivity index (χ4v) is 2.31. The van der Waals surface area contributed by atoms with Crippen molar-refractivity contribution in [2.45, 2.75) is 12.8 Å². The number of amides is 1. The Hall–Kier alpha value is -1.81. The van der Waals surface area contributed by atoms with Gasteiger partial charge in [-0.15, -0.1) is 0 Å². The van der Waals surface area contributed by atoms with Crippen molar-refractivity contribution < 1.29 is 4.79 Å². The van der Waals surface area contributed by atoms with Crippen LogP contribution in [-0.2, 0) is 4.79 Å². The van der Waals surface area contributed by atoms with Gasteiger partial charge in [-0.1, -0.05) is 11.6 Å². The van der Waals surface area contributed by atoms with E-state index in [9.17, 15) is 4.79 Å². The van der Waals surface area contributed by atoms with E-state index >= 15 is 0 Å². The van der Waals surface area contributed by atoms with E-state index in [0.29, 0.717) is 18.1 Å². The minimum atomic E-state index is 0.179. The maximum absolute atomic E-state index is 11.5. The van der Waals surface area contributed by atoms with Crippen LogP contribution in [0.15, 0.2) is 30.5 Å². The molecule has 1 aliphatic carbocycles. The molecule has 0 unspecified atom stereocenters. The molecule has 20 heavy (non-hydrogen) atoms. The molecule has 3 rings (SSSR count). The molecule has 1 saturated carbocycles. The van der Waals surface area contributed by atoms with Gasteiger partial charge >= 0.3 is 0 Å². The summed E-state index contributed by atoms with van der Waals surface area (Å²) in [5.74, 6) is 0.442. The molecule has 0 bridgehead atoms. The molecule has 1 heterocycles. The molecule has 2 N–H and O–H groups in total. The molecule has 2 aromatic rings. The lowest BCUT2D eigenvalue weighted by molar-refractivity contribution is -0.122. The molecule has 0 spiro atoms. The third-order valence-corrected chi connectivity index (χ3v) is 3.63. The first kappa shape index (κ1) is 13.2. The van der Waals surface area contributed by atoms with E-state index in [1.165, 1.54) is 0 Å². The van der Waals surface area contributed by atoms with Crippen LogP contribution in [0.3, 0.4) is 0 Å². The summed E-state index contributed by atoms with van der Waals surface area (Å²) in [6, 6.07) is 7.58. The summed E-state index contributed by atoms with van der Waals surface area (Å²) in [5, 5.41) is 7.97. The van der Waals surface area contributed by atoms with Crippen LogP contribution in [0.25, 0.3) is 10.9 Å². The van der Waals surface area contributed by atoms with E-state index in [1.807, 2.05) is 24.3 Å². The topological polar surface area (TPSA) is 54.0 Å². The Labute approximate surface area is 122 Å². The number of benzene rings is 1. The molecule has 5 heteroatoms. The highest BCUT2D eigenvalue weighted by Gasteiger charge is 2.28. The van der Waals surface area contributed by atoms with Crippen molar-refractivity contribution in [2.24, 2.45) is 5.92 Å². The Balaban J connectivity index is 1.60. The summed E-state index contributed by atoms with van der Waals surface area (Å²) in [5.41, 5.74) is 1.87. The monoisotopic (exact) mass is 289 g/mol. The van der Waals surface area contributed by atoms with Crippen molar-refractivity contribution in [3.05, 3.63) is 35.5 Å². The maximum Gasteiger partial charge on any atom is 0.223 e. The molecular weight excluding hydrogens is 274 g/mol. The molecule has 104 valence electrons. The van der Waals surface area contributed by atoms with Gasteiger partial charge in [0.25, 0.3) is 0 Å². The largest absolute Gasteiger partial charge is 0.383 e. The van der Waals surface area contributed by atoms with E-state index in [1.54, 1.807) is 6.20 Å². The first-order valence-corrected chi connectivity index (χ1v) is 7.18. The average molecular weight is 290 g/mol. The van der Waals surface area contributed by atoms with Gasteiger partial charge in [-0.3, -0.25) is 9.78 Å². The third kappa shape index (κ3) is 3.02. The van der Waals surface area contributed by atoms with Crippen molar-refractivity contribution >= 4 is 34.1 Å². The smallest absolute Gasteiger partial charge is 0.223 e. The van der Waals surface area contributed by atoms with Crippen molar-refractivity contribution in [1.82, 2.24) is 10.3 Å². The van der Waals surface area contributed by atoms with Gasteiger partial charge in [-0.25, -0.2) is 0 Å². The zero-order valence-corrected chi connectivity index (χ0v) is 11.8. The van der Waals surface area contributed by atoms with Gasteiger partial charge < -0.3 is 10.6 Å². The Morgan fingerprint density at radius 2 is 2.15 bits per heavy atom. The van der Waals surface area contributed by atoms with E-state index in [-0.39, 0.29) is 11.8 Å². The SMILES string of the molecule is O=C(NCCNc1ccnc2cc(Cl)ccc12)C1CC1. The predicted octanol–water partition coefficient (Wildman–Crippen LogP) is 2.83. The van der Waals surface area contributed by atoms with Crippen LogP contribution < -0.4 is 10.6 Å². The summed E-state index contributed by atoms with van der Waals surface area (Å²) in [6.07, 6.45) is 3.83. The quantitative estimate of drug-likeness (QED) is 0.832. The van der Waals surface area contributed by atoms with Gasteiger partial charge in [0.15, 0.2) is 0 Å². The number of hydrogen-bond donors (Lipinski definition) is 2. The first-order chi connectivity index (χ1) is 9.74. The Kier molecular flexibility index (Phi) is 3.74. The summed E-state index contributed by atoms with van der Waals surface area (Å²) in [4.78, 5) is 15.8.